The summed E-state index contributed by atoms with van der Waals surface area (Å²) < 4.78 is 11.3. The summed E-state index contributed by atoms with van der Waals surface area (Å²) in [4.78, 5) is 10.4. The summed E-state index contributed by atoms with van der Waals surface area (Å²) >= 11 is 0. The van der Waals surface area contributed by atoms with Crippen molar-refractivity contribution in [1.29, 1.82) is 0 Å². The maximum Gasteiger partial charge on any atom is 0.404 e. The van der Waals surface area contributed by atoms with Crippen molar-refractivity contribution >= 4 is 6.09 Å². The molecule has 0 atom stereocenters. The summed E-state index contributed by atoms with van der Waals surface area (Å²) in [7, 11) is 0. The van der Waals surface area contributed by atoms with E-state index in [1.807, 2.05) is 25.1 Å². The zero-order valence-corrected chi connectivity index (χ0v) is 12.1. The number of hydrogen-bond donors (Lipinski definition) is 2. The molecule has 0 aliphatic rings. The second-order valence-corrected chi connectivity index (χ2v) is 4.46. The monoisotopic (exact) mass is 281 g/mol. The molecule has 0 aromatic heterocycles. The highest BCUT2D eigenvalue weighted by Gasteiger charge is 2.07. The van der Waals surface area contributed by atoms with Crippen molar-refractivity contribution < 1.29 is 19.4 Å². The third-order valence-electron chi connectivity index (χ3n) is 2.62. The molecule has 1 aromatic carbocycles. The van der Waals surface area contributed by atoms with Crippen molar-refractivity contribution in [2.24, 2.45) is 0 Å². The Hall–Kier alpha value is -1.91. The second kappa shape index (κ2) is 9.07. The molecule has 0 unspecified atom stereocenters. The molecular formula is C15H23NO4. The summed E-state index contributed by atoms with van der Waals surface area (Å²) in [6.07, 6.45) is 1.49. The van der Waals surface area contributed by atoms with E-state index in [1.54, 1.807) is 0 Å². The van der Waals surface area contributed by atoms with Crippen LogP contribution in [0.3, 0.4) is 0 Å². The average molecular weight is 281 g/mol. The van der Waals surface area contributed by atoms with E-state index in [4.69, 9.17) is 14.6 Å². The minimum absolute atomic E-state index is 0.387. The fourth-order valence-corrected chi connectivity index (χ4v) is 1.68. The molecule has 0 heterocycles. The molecule has 0 spiro atoms. The first-order valence-electron chi connectivity index (χ1n) is 7.02. The number of hydrogen-bond acceptors (Lipinski definition) is 3. The van der Waals surface area contributed by atoms with Crippen LogP contribution in [0, 0.1) is 0 Å². The first-order valence-corrected chi connectivity index (χ1v) is 7.02. The van der Waals surface area contributed by atoms with Gasteiger partial charge in [0.25, 0.3) is 0 Å². The van der Waals surface area contributed by atoms with E-state index in [2.05, 4.69) is 12.2 Å². The van der Waals surface area contributed by atoms with Crippen LogP contribution in [0.1, 0.15) is 32.3 Å². The maximum absolute atomic E-state index is 10.4. The second-order valence-electron chi connectivity index (χ2n) is 4.46. The quantitative estimate of drug-likeness (QED) is 0.730. The fourth-order valence-electron chi connectivity index (χ4n) is 1.68. The molecule has 0 aliphatic heterocycles. The Balaban J connectivity index is 2.69. The zero-order chi connectivity index (χ0) is 14.8. The summed E-state index contributed by atoms with van der Waals surface area (Å²) in [6, 6.07) is 5.74. The standard InChI is InChI=1S/C15H23NO4/c1-3-9-19-13-6-5-12(7-8-16-15(17)18)11-14(13)20-10-4-2/h5-6,11,16H,3-4,7-10H2,1-2H3,(H,17,18). The van der Waals surface area contributed by atoms with Gasteiger partial charge < -0.3 is 19.9 Å². The lowest BCUT2D eigenvalue weighted by Gasteiger charge is -2.13. The molecule has 20 heavy (non-hydrogen) atoms. The highest BCUT2D eigenvalue weighted by Crippen LogP contribution is 2.29. The van der Waals surface area contributed by atoms with Crippen molar-refractivity contribution in [3.8, 4) is 11.5 Å². The summed E-state index contributed by atoms with van der Waals surface area (Å²) in [5.41, 5.74) is 1.02. The third kappa shape index (κ3) is 5.82. The Morgan fingerprint density at radius 2 is 1.80 bits per heavy atom. The summed E-state index contributed by atoms with van der Waals surface area (Å²) in [5.74, 6) is 1.48. The van der Waals surface area contributed by atoms with E-state index in [-0.39, 0.29) is 0 Å². The van der Waals surface area contributed by atoms with Crippen molar-refractivity contribution in [2.45, 2.75) is 33.1 Å². The molecule has 1 amide bonds. The largest absolute Gasteiger partial charge is 0.490 e. The molecule has 1 aromatic rings. The van der Waals surface area contributed by atoms with Crippen molar-refractivity contribution in [1.82, 2.24) is 5.32 Å². The number of benzene rings is 1. The van der Waals surface area contributed by atoms with Gasteiger partial charge in [-0.2, -0.15) is 0 Å². The molecule has 0 fully saturated rings. The predicted molar refractivity (Wildman–Crippen MR) is 77.7 cm³/mol. The lowest BCUT2D eigenvalue weighted by Crippen LogP contribution is -2.23. The number of carboxylic acid groups (broad SMARTS) is 1. The molecule has 0 bridgehead atoms. The van der Waals surface area contributed by atoms with Gasteiger partial charge in [-0.1, -0.05) is 19.9 Å². The lowest BCUT2D eigenvalue weighted by molar-refractivity contribution is 0.194. The molecular weight excluding hydrogens is 258 g/mol. The third-order valence-corrected chi connectivity index (χ3v) is 2.62. The van der Waals surface area contributed by atoms with Gasteiger partial charge >= 0.3 is 6.09 Å². The van der Waals surface area contributed by atoms with Crippen LogP contribution in [0.4, 0.5) is 4.79 Å². The minimum atomic E-state index is -1.00. The number of amides is 1. The van der Waals surface area contributed by atoms with Gasteiger partial charge in [0.05, 0.1) is 13.2 Å². The SMILES string of the molecule is CCCOc1ccc(CCNC(=O)O)cc1OCCC. The van der Waals surface area contributed by atoms with Crippen molar-refractivity contribution in [3.05, 3.63) is 23.8 Å². The molecule has 1 rings (SSSR count). The normalized spacial score (nSPS) is 10.1. The molecule has 0 saturated carbocycles. The number of ether oxygens (including phenoxy) is 2. The molecule has 2 N–H and O–H groups in total. The van der Waals surface area contributed by atoms with Crippen LogP contribution in [-0.4, -0.2) is 31.0 Å². The maximum atomic E-state index is 10.4. The molecule has 0 saturated heterocycles. The van der Waals surface area contributed by atoms with Crippen LogP contribution >= 0.6 is 0 Å². The first-order chi connectivity index (χ1) is 9.67. The van der Waals surface area contributed by atoms with Crippen LogP contribution in [-0.2, 0) is 6.42 Å². The number of nitrogens with one attached hydrogen (secondary N) is 1. The number of rotatable bonds is 9. The van der Waals surface area contributed by atoms with Crippen LogP contribution in [0.5, 0.6) is 11.5 Å². The van der Waals surface area contributed by atoms with E-state index in [0.717, 1.165) is 29.9 Å². The Kier molecular flexibility index (Phi) is 7.32. The molecule has 5 nitrogen and oxygen atoms in total. The van der Waals surface area contributed by atoms with Gasteiger partial charge in [-0.05, 0) is 37.0 Å². The van der Waals surface area contributed by atoms with E-state index >= 15 is 0 Å². The van der Waals surface area contributed by atoms with E-state index in [1.165, 1.54) is 0 Å². The fraction of sp³-hybridized carbons (Fsp3) is 0.533. The van der Waals surface area contributed by atoms with Crippen LogP contribution in [0.2, 0.25) is 0 Å². The highest BCUT2D eigenvalue weighted by molar-refractivity contribution is 5.64. The Bertz CT molecular complexity index is 420. The van der Waals surface area contributed by atoms with Crippen LogP contribution in [0.15, 0.2) is 18.2 Å². The van der Waals surface area contributed by atoms with Crippen LogP contribution in [0.25, 0.3) is 0 Å². The summed E-state index contributed by atoms with van der Waals surface area (Å²) in [6.45, 7) is 5.78. The molecule has 0 radical (unpaired) electrons. The van der Waals surface area contributed by atoms with Gasteiger partial charge in [-0.3, -0.25) is 0 Å². The zero-order valence-electron chi connectivity index (χ0n) is 12.1. The van der Waals surface area contributed by atoms with E-state index in [0.29, 0.717) is 26.2 Å². The predicted octanol–water partition coefficient (Wildman–Crippen LogP) is 3.07. The first kappa shape index (κ1) is 16.1. The van der Waals surface area contributed by atoms with E-state index in [9.17, 15) is 4.79 Å². The van der Waals surface area contributed by atoms with Gasteiger partial charge in [0.15, 0.2) is 11.5 Å². The Morgan fingerprint density at radius 1 is 1.15 bits per heavy atom. The van der Waals surface area contributed by atoms with Crippen molar-refractivity contribution in [3.63, 3.8) is 0 Å². The van der Waals surface area contributed by atoms with Gasteiger partial charge in [-0.25, -0.2) is 4.79 Å². The van der Waals surface area contributed by atoms with Gasteiger partial charge in [0.2, 0.25) is 0 Å². The molecule has 5 heteroatoms. The van der Waals surface area contributed by atoms with Gasteiger partial charge in [-0.15, -0.1) is 0 Å². The van der Waals surface area contributed by atoms with Crippen molar-refractivity contribution in [2.75, 3.05) is 19.8 Å². The minimum Gasteiger partial charge on any atom is -0.490 e. The average Bonchev–Trinajstić information content (AvgIpc) is 2.43. The smallest absolute Gasteiger partial charge is 0.404 e. The lowest BCUT2D eigenvalue weighted by atomic mass is 10.1. The highest BCUT2D eigenvalue weighted by atomic mass is 16.5. The summed E-state index contributed by atoms with van der Waals surface area (Å²) in [5, 5.41) is 10.9. The Labute approximate surface area is 119 Å². The molecule has 112 valence electrons. The van der Waals surface area contributed by atoms with Gasteiger partial charge in [0.1, 0.15) is 0 Å². The van der Waals surface area contributed by atoms with Gasteiger partial charge in [0, 0.05) is 6.54 Å². The molecule has 0 aliphatic carbocycles. The van der Waals surface area contributed by atoms with E-state index < -0.39 is 6.09 Å². The topological polar surface area (TPSA) is 67.8 Å². The van der Waals surface area contributed by atoms with Crippen LogP contribution < -0.4 is 14.8 Å². The Morgan fingerprint density at radius 3 is 2.40 bits per heavy atom. The number of carbonyl (C=O) groups is 1.